The molecule has 2 atom stereocenters. The maximum absolute atomic E-state index is 13.9. The third kappa shape index (κ3) is 2.84. The Labute approximate surface area is 125 Å². The summed E-state index contributed by atoms with van der Waals surface area (Å²) in [5.74, 6) is 1.61. The smallest absolute Gasteiger partial charge is 0.169 e. The van der Waals surface area contributed by atoms with E-state index in [0.717, 1.165) is 24.1 Å². The van der Waals surface area contributed by atoms with Gasteiger partial charge in [0.2, 0.25) is 0 Å². The van der Waals surface area contributed by atoms with E-state index in [1.807, 2.05) is 19.2 Å². The van der Waals surface area contributed by atoms with Crippen LogP contribution in [0.15, 0.2) is 28.7 Å². The van der Waals surface area contributed by atoms with Gasteiger partial charge in [-0.25, -0.2) is 4.39 Å². The number of fused-ring (bicyclic) bond motifs is 1. The van der Waals surface area contributed by atoms with Crippen molar-refractivity contribution in [3.63, 3.8) is 0 Å². The van der Waals surface area contributed by atoms with Crippen molar-refractivity contribution in [2.24, 2.45) is 11.3 Å². The SMILES string of the molecule is CNCC1CCC(C)(C)CC1c1cc2cccc(F)c2o1. The molecule has 1 aliphatic rings. The molecule has 114 valence electrons. The molecule has 0 amide bonds. The normalized spacial score (nSPS) is 25.3. The highest BCUT2D eigenvalue weighted by Gasteiger charge is 2.37. The van der Waals surface area contributed by atoms with Gasteiger partial charge in [0.1, 0.15) is 5.76 Å². The Bertz CT molecular complexity index is 631. The Balaban J connectivity index is 1.98. The van der Waals surface area contributed by atoms with E-state index in [0.29, 0.717) is 22.8 Å². The van der Waals surface area contributed by atoms with Crippen LogP contribution in [0.3, 0.4) is 0 Å². The van der Waals surface area contributed by atoms with Crippen molar-refractivity contribution in [2.75, 3.05) is 13.6 Å². The molecule has 1 aliphatic carbocycles. The highest BCUT2D eigenvalue weighted by atomic mass is 19.1. The molecule has 1 aromatic heterocycles. The van der Waals surface area contributed by atoms with Gasteiger partial charge < -0.3 is 9.73 Å². The molecule has 1 aromatic carbocycles. The Hall–Kier alpha value is -1.35. The van der Waals surface area contributed by atoms with E-state index in [4.69, 9.17) is 4.42 Å². The number of rotatable bonds is 3. The van der Waals surface area contributed by atoms with E-state index >= 15 is 0 Å². The summed E-state index contributed by atoms with van der Waals surface area (Å²) in [6.07, 6.45) is 3.53. The van der Waals surface area contributed by atoms with E-state index in [-0.39, 0.29) is 5.82 Å². The summed E-state index contributed by atoms with van der Waals surface area (Å²) in [4.78, 5) is 0. The molecule has 2 nitrogen and oxygen atoms in total. The van der Waals surface area contributed by atoms with Crippen LogP contribution in [-0.2, 0) is 0 Å². The number of hydrogen-bond donors (Lipinski definition) is 1. The molecular weight excluding hydrogens is 265 g/mol. The summed E-state index contributed by atoms with van der Waals surface area (Å²) >= 11 is 0. The molecule has 0 spiro atoms. The Morgan fingerprint density at radius 3 is 2.90 bits per heavy atom. The number of benzene rings is 1. The first kappa shape index (κ1) is 14.6. The first-order valence-corrected chi connectivity index (χ1v) is 7.83. The monoisotopic (exact) mass is 289 g/mol. The molecule has 3 rings (SSSR count). The molecule has 1 heterocycles. The van der Waals surface area contributed by atoms with Gasteiger partial charge in [0.15, 0.2) is 11.4 Å². The minimum absolute atomic E-state index is 0.265. The molecule has 1 saturated carbocycles. The second kappa shape index (κ2) is 5.45. The lowest BCUT2D eigenvalue weighted by atomic mass is 9.66. The Kier molecular flexibility index (Phi) is 3.78. The lowest BCUT2D eigenvalue weighted by Gasteiger charge is -2.40. The van der Waals surface area contributed by atoms with Crippen LogP contribution in [0.2, 0.25) is 0 Å². The van der Waals surface area contributed by atoms with Gasteiger partial charge in [0.05, 0.1) is 0 Å². The third-order valence-electron chi connectivity index (χ3n) is 4.88. The van der Waals surface area contributed by atoms with E-state index < -0.39 is 0 Å². The highest BCUT2D eigenvalue weighted by molar-refractivity contribution is 5.78. The summed E-state index contributed by atoms with van der Waals surface area (Å²) in [7, 11) is 2.00. The fourth-order valence-electron chi connectivity index (χ4n) is 3.71. The molecule has 2 aromatic rings. The predicted octanol–water partition coefficient (Wildman–Crippen LogP) is 4.70. The Morgan fingerprint density at radius 2 is 2.19 bits per heavy atom. The van der Waals surface area contributed by atoms with Crippen LogP contribution in [0.5, 0.6) is 0 Å². The van der Waals surface area contributed by atoms with Crippen molar-refractivity contribution in [3.8, 4) is 0 Å². The van der Waals surface area contributed by atoms with E-state index in [9.17, 15) is 4.39 Å². The molecule has 0 aliphatic heterocycles. The van der Waals surface area contributed by atoms with Crippen molar-refractivity contribution in [1.29, 1.82) is 0 Å². The van der Waals surface area contributed by atoms with Gasteiger partial charge in [-0.05, 0) is 56.3 Å². The summed E-state index contributed by atoms with van der Waals surface area (Å²) in [6, 6.07) is 7.16. The van der Waals surface area contributed by atoms with Gasteiger partial charge >= 0.3 is 0 Å². The van der Waals surface area contributed by atoms with Crippen LogP contribution in [-0.4, -0.2) is 13.6 Å². The zero-order valence-electron chi connectivity index (χ0n) is 13.1. The maximum Gasteiger partial charge on any atom is 0.169 e. The van der Waals surface area contributed by atoms with Crippen LogP contribution in [0.4, 0.5) is 4.39 Å². The van der Waals surface area contributed by atoms with Crippen LogP contribution >= 0.6 is 0 Å². The number of hydrogen-bond acceptors (Lipinski definition) is 2. The quantitative estimate of drug-likeness (QED) is 0.886. The van der Waals surface area contributed by atoms with Crippen molar-refractivity contribution in [1.82, 2.24) is 5.32 Å². The highest BCUT2D eigenvalue weighted by Crippen LogP contribution is 2.47. The average Bonchev–Trinajstić information content (AvgIpc) is 2.86. The average molecular weight is 289 g/mol. The zero-order chi connectivity index (χ0) is 15.0. The molecule has 21 heavy (non-hydrogen) atoms. The maximum atomic E-state index is 13.9. The zero-order valence-corrected chi connectivity index (χ0v) is 13.1. The van der Waals surface area contributed by atoms with Gasteiger partial charge in [-0.1, -0.05) is 26.0 Å². The minimum atomic E-state index is -0.265. The van der Waals surface area contributed by atoms with Gasteiger partial charge in [0.25, 0.3) is 0 Å². The lowest BCUT2D eigenvalue weighted by Crippen LogP contribution is -2.33. The molecule has 0 radical (unpaired) electrons. The number of furan rings is 1. The second-order valence-corrected chi connectivity index (χ2v) is 7.14. The van der Waals surface area contributed by atoms with E-state index in [1.165, 1.54) is 18.9 Å². The van der Waals surface area contributed by atoms with Crippen molar-refractivity contribution in [3.05, 3.63) is 35.8 Å². The van der Waals surface area contributed by atoms with Crippen molar-refractivity contribution in [2.45, 2.75) is 39.0 Å². The minimum Gasteiger partial charge on any atom is -0.458 e. The largest absolute Gasteiger partial charge is 0.458 e. The standard InChI is InChI=1S/C18H24FNO/c1-18(2)8-7-13(11-20-3)14(10-18)16-9-12-5-4-6-15(19)17(12)21-16/h4-6,9,13-14,20H,7-8,10-11H2,1-3H3. The van der Waals surface area contributed by atoms with Crippen LogP contribution in [0.1, 0.15) is 44.8 Å². The molecule has 3 heteroatoms. The van der Waals surface area contributed by atoms with E-state index in [2.05, 4.69) is 19.2 Å². The number of para-hydroxylation sites is 1. The first-order valence-electron chi connectivity index (χ1n) is 7.83. The third-order valence-corrected chi connectivity index (χ3v) is 4.88. The fourth-order valence-corrected chi connectivity index (χ4v) is 3.71. The molecule has 0 saturated heterocycles. The van der Waals surface area contributed by atoms with Crippen molar-refractivity contribution >= 4 is 11.0 Å². The summed E-state index contributed by atoms with van der Waals surface area (Å²) in [5.41, 5.74) is 0.728. The first-order chi connectivity index (χ1) is 10.00. The van der Waals surface area contributed by atoms with Gasteiger partial charge in [-0.2, -0.15) is 0 Å². The molecule has 0 bridgehead atoms. The topological polar surface area (TPSA) is 25.2 Å². The summed E-state index contributed by atoms with van der Waals surface area (Å²) < 4.78 is 19.8. The second-order valence-electron chi connectivity index (χ2n) is 7.14. The van der Waals surface area contributed by atoms with Crippen LogP contribution in [0.25, 0.3) is 11.0 Å². The Morgan fingerprint density at radius 1 is 1.38 bits per heavy atom. The van der Waals surface area contributed by atoms with Crippen LogP contribution in [0, 0.1) is 17.2 Å². The predicted molar refractivity (Wildman–Crippen MR) is 84.0 cm³/mol. The summed E-state index contributed by atoms with van der Waals surface area (Å²) in [6.45, 7) is 5.62. The van der Waals surface area contributed by atoms with Crippen molar-refractivity contribution < 1.29 is 8.81 Å². The van der Waals surface area contributed by atoms with E-state index in [1.54, 1.807) is 6.07 Å². The van der Waals surface area contributed by atoms with Gasteiger partial charge in [-0.3, -0.25) is 0 Å². The molecule has 1 fully saturated rings. The number of nitrogens with one attached hydrogen (secondary N) is 1. The summed E-state index contributed by atoms with van der Waals surface area (Å²) in [5, 5.41) is 4.17. The molecular formula is C18H24FNO. The van der Waals surface area contributed by atoms with Gasteiger partial charge in [-0.15, -0.1) is 0 Å². The lowest BCUT2D eigenvalue weighted by molar-refractivity contribution is 0.148. The van der Waals surface area contributed by atoms with Gasteiger partial charge in [0, 0.05) is 11.3 Å². The number of halogens is 1. The molecule has 2 unspecified atom stereocenters. The molecule has 1 N–H and O–H groups in total. The fraction of sp³-hybridized carbons (Fsp3) is 0.556. The van der Waals surface area contributed by atoms with Crippen LogP contribution < -0.4 is 5.32 Å².